The molecule has 0 fully saturated rings. The lowest BCUT2D eigenvalue weighted by atomic mass is 10.1. The molecule has 0 bridgehead atoms. The number of allylic oxidation sites excluding steroid dienone is 1. The highest BCUT2D eigenvalue weighted by Crippen LogP contribution is 2.35. The van der Waals surface area contributed by atoms with Gasteiger partial charge in [-0.05, 0) is 38.1 Å². The molecule has 0 N–H and O–H groups in total. The van der Waals surface area contributed by atoms with Gasteiger partial charge in [0.2, 0.25) is 5.78 Å². The maximum Gasteiger partial charge on any atom is 0.231 e. The van der Waals surface area contributed by atoms with Crippen molar-refractivity contribution in [3.63, 3.8) is 0 Å². The number of aromatic nitrogens is 1. The van der Waals surface area contributed by atoms with Crippen molar-refractivity contribution in [2.45, 2.75) is 20.4 Å². The van der Waals surface area contributed by atoms with Crippen molar-refractivity contribution >= 4 is 22.8 Å². The smallest absolute Gasteiger partial charge is 0.231 e. The van der Waals surface area contributed by atoms with E-state index in [-0.39, 0.29) is 5.78 Å². The minimum absolute atomic E-state index is 0.0913. The zero-order valence-electron chi connectivity index (χ0n) is 14.3. The Morgan fingerprint density at radius 3 is 2.80 bits per heavy atom. The number of hydrogen-bond acceptors (Lipinski definition) is 3. The molecule has 0 radical (unpaired) electrons. The van der Waals surface area contributed by atoms with Gasteiger partial charge in [-0.3, -0.25) is 4.79 Å². The third kappa shape index (κ3) is 2.60. The summed E-state index contributed by atoms with van der Waals surface area (Å²) in [6.45, 7) is 5.47. The first kappa shape index (κ1) is 15.5. The van der Waals surface area contributed by atoms with Gasteiger partial charge in [0, 0.05) is 35.3 Å². The van der Waals surface area contributed by atoms with Crippen LogP contribution in [0.3, 0.4) is 0 Å². The maximum atomic E-state index is 12.6. The fourth-order valence-corrected chi connectivity index (χ4v) is 3.22. The second-order valence-corrected chi connectivity index (χ2v) is 5.92. The summed E-state index contributed by atoms with van der Waals surface area (Å²) in [5.41, 5.74) is 2.71. The van der Waals surface area contributed by atoms with Crippen LogP contribution < -0.4 is 9.47 Å². The summed E-state index contributed by atoms with van der Waals surface area (Å²) in [6.07, 6.45) is 3.89. The van der Waals surface area contributed by atoms with Gasteiger partial charge in [0.15, 0.2) is 5.76 Å². The summed E-state index contributed by atoms with van der Waals surface area (Å²) < 4.78 is 13.5. The van der Waals surface area contributed by atoms with Gasteiger partial charge in [-0.15, -0.1) is 0 Å². The van der Waals surface area contributed by atoms with Gasteiger partial charge in [-0.25, -0.2) is 0 Å². The summed E-state index contributed by atoms with van der Waals surface area (Å²) in [6, 6.07) is 13.5. The van der Waals surface area contributed by atoms with E-state index in [2.05, 4.69) is 29.8 Å². The topological polar surface area (TPSA) is 40.5 Å². The molecule has 0 amide bonds. The molecule has 0 saturated carbocycles. The number of hydrogen-bond donors (Lipinski definition) is 0. The molecule has 1 aromatic heterocycles. The number of benzene rings is 2. The second-order valence-electron chi connectivity index (χ2n) is 5.92. The third-order valence-electron chi connectivity index (χ3n) is 4.40. The van der Waals surface area contributed by atoms with E-state index in [0.717, 1.165) is 23.0 Å². The van der Waals surface area contributed by atoms with E-state index in [0.29, 0.717) is 29.4 Å². The van der Waals surface area contributed by atoms with Crippen LogP contribution in [0.2, 0.25) is 0 Å². The number of rotatable bonds is 4. The van der Waals surface area contributed by atoms with Crippen LogP contribution in [-0.4, -0.2) is 17.0 Å². The van der Waals surface area contributed by atoms with E-state index in [4.69, 9.17) is 9.47 Å². The number of aryl methyl sites for hydroxylation is 1. The van der Waals surface area contributed by atoms with Gasteiger partial charge in [0.05, 0.1) is 12.2 Å². The van der Waals surface area contributed by atoms with Crippen LogP contribution in [0.25, 0.3) is 17.0 Å². The highest BCUT2D eigenvalue weighted by Gasteiger charge is 2.28. The number of ketones is 1. The molecule has 0 unspecified atom stereocenters. The Balaban J connectivity index is 1.75. The van der Waals surface area contributed by atoms with Gasteiger partial charge in [-0.2, -0.15) is 0 Å². The van der Waals surface area contributed by atoms with E-state index in [1.807, 2.05) is 25.1 Å². The van der Waals surface area contributed by atoms with Crippen LogP contribution in [-0.2, 0) is 6.54 Å². The Morgan fingerprint density at radius 2 is 2.00 bits per heavy atom. The number of carbonyl (C=O) groups excluding carboxylic acids is 1. The molecule has 1 aliphatic heterocycles. The maximum absolute atomic E-state index is 12.6. The summed E-state index contributed by atoms with van der Waals surface area (Å²) in [4.78, 5) is 12.6. The lowest BCUT2D eigenvalue weighted by Gasteiger charge is -2.03. The second kappa shape index (κ2) is 6.13. The standard InChI is InChI=1S/C21H19NO3/c1-3-22-13-14(16-7-5-6-8-18(16)22)11-20-21(23)17-10-9-15(24-4-2)12-19(17)25-20/h5-13H,3-4H2,1-2H3. The van der Waals surface area contributed by atoms with Gasteiger partial charge in [-0.1, -0.05) is 18.2 Å². The zero-order chi connectivity index (χ0) is 17.4. The number of nitrogens with zero attached hydrogens (tertiary/aromatic N) is 1. The predicted molar refractivity (Wildman–Crippen MR) is 98.2 cm³/mol. The quantitative estimate of drug-likeness (QED) is 0.651. The average molecular weight is 333 g/mol. The molecule has 25 heavy (non-hydrogen) atoms. The molecule has 126 valence electrons. The normalized spacial score (nSPS) is 14.8. The van der Waals surface area contributed by atoms with Gasteiger partial charge < -0.3 is 14.0 Å². The highest BCUT2D eigenvalue weighted by molar-refractivity contribution is 6.15. The average Bonchev–Trinajstić information content (AvgIpc) is 3.14. The van der Waals surface area contributed by atoms with Crippen molar-refractivity contribution in [3.05, 3.63) is 65.5 Å². The van der Waals surface area contributed by atoms with E-state index < -0.39 is 0 Å². The Bertz CT molecular complexity index is 998. The number of Topliss-reactive ketones (excluding diaryl/α,β-unsaturated/α-hetero) is 1. The molecule has 0 aliphatic carbocycles. The first-order valence-corrected chi connectivity index (χ1v) is 8.50. The van der Waals surface area contributed by atoms with Gasteiger partial charge >= 0.3 is 0 Å². The Kier molecular flexibility index (Phi) is 3.80. The summed E-state index contributed by atoms with van der Waals surface area (Å²) >= 11 is 0. The lowest BCUT2D eigenvalue weighted by molar-refractivity contribution is 0.101. The van der Waals surface area contributed by atoms with Crippen LogP contribution in [0.1, 0.15) is 29.8 Å². The Hall–Kier alpha value is -3.01. The first-order chi connectivity index (χ1) is 12.2. The number of carbonyl (C=O) groups is 1. The third-order valence-corrected chi connectivity index (χ3v) is 4.40. The molecular formula is C21H19NO3. The minimum Gasteiger partial charge on any atom is -0.494 e. The van der Waals surface area contributed by atoms with Crippen LogP contribution >= 0.6 is 0 Å². The van der Waals surface area contributed by atoms with Crippen LogP contribution in [0.5, 0.6) is 11.5 Å². The van der Waals surface area contributed by atoms with Crippen molar-refractivity contribution < 1.29 is 14.3 Å². The molecule has 3 aromatic rings. The van der Waals surface area contributed by atoms with E-state index in [1.165, 1.54) is 0 Å². The van der Waals surface area contributed by atoms with Crippen molar-refractivity contribution in [3.8, 4) is 11.5 Å². The molecule has 0 atom stereocenters. The molecule has 4 nitrogen and oxygen atoms in total. The van der Waals surface area contributed by atoms with E-state index in [1.54, 1.807) is 18.2 Å². The van der Waals surface area contributed by atoms with Crippen molar-refractivity contribution in [1.82, 2.24) is 4.57 Å². The molecule has 2 aromatic carbocycles. The van der Waals surface area contributed by atoms with E-state index in [9.17, 15) is 4.79 Å². The number of fused-ring (bicyclic) bond motifs is 2. The predicted octanol–water partition coefficient (Wildman–Crippen LogP) is 4.68. The van der Waals surface area contributed by atoms with Crippen LogP contribution in [0.4, 0.5) is 0 Å². The SMILES string of the molecule is CCOc1ccc2c(c1)OC(=Cc1cn(CC)c3ccccc13)C2=O. The number of para-hydroxylation sites is 1. The lowest BCUT2D eigenvalue weighted by Crippen LogP contribution is -1.97. The van der Waals surface area contributed by atoms with Crippen molar-refractivity contribution in [1.29, 1.82) is 0 Å². The zero-order valence-corrected chi connectivity index (χ0v) is 14.3. The largest absolute Gasteiger partial charge is 0.494 e. The Morgan fingerprint density at radius 1 is 1.16 bits per heavy atom. The van der Waals surface area contributed by atoms with Crippen molar-refractivity contribution in [2.75, 3.05) is 6.61 Å². The van der Waals surface area contributed by atoms with Crippen LogP contribution in [0.15, 0.2) is 54.4 Å². The summed E-state index contributed by atoms with van der Waals surface area (Å²) in [5, 5.41) is 1.11. The summed E-state index contributed by atoms with van der Waals surface area (Å²) in [5.74, 6) is 1.52. The van der Waals surface area contributed by atoms with Gasteiger partial charge in [0.1, 0.15) is 11.5 Å². The van der Waals surface area contributed by atoms with Crippen molar-refractivity contribution in [2.24, 2.45) is 0 Å². The fraction of sp³-hybridized carbons (Fsp3) is 0.190. The van der Waals surface area contributed by atoms with Gasteiger partial charge in [0.25, 0.3) is 0 Å². The molecular weight excluding hydrogens is 314 g/mol. The molecule has 1 aliphatic rings. The van der Waals surface area contributed by atoms with E-state index >= 15 is 0 Å². The first-order valence-electron chi connectivity index (χ1n) is 8.50. The molecule has 2 heterocycles. The summed E-state index contributed by atoms with van der Waals surface area (Å²) in [7, 11) is 0. The molecule has 4 heteroatoms. The molecule has 0 saturated heterocycles. The molecule has 0 spiro atoms. The monoisotopic (exact) mass is 333 g/mol. The minimum atomic E-state index is -0.0913. The van der Waals surface area contributed by atoms with Crippen LogP contribution in [0, 0.1) is 0 Å². The fourth-order valence-electron chi connectivity index (χ4n) is 3.22. The molecule has 4 rings (SSSR count). The highest BCUT2D eigenvalue weighted by atomic mass is 16.5. The number of ether oxygens (including phenoxy) is 2. The Labute approximate surface area is 146 Å².